The van der Waals surface area contributed by atoms with Gasteiger partial charge in [0.15, 0.2) is 6.29 Å². The van der Waals surface area contributed by atoms with Gasteiger partial charge in [-0.05, 0) is 57.8 Å². The minimum atomic E-state index is -1.57. The molecule has 9 nitrogen and oxygen atoms in total. The molecule has 1 aliphatic heterocycles. The number of amides is 1. The van der Waals surface area contributed by atoms with Crippen molar-refractivity contribution < 1.29 is 39.8 Å². The van der Waals surface area contributed by atoms with Crippen molar-refractivity contribution in [3.8, 4) is 0 Å². The zero-order chi connectivity index (χ0) is 55.0. The van der Waals surface area contributed by atoms with Crippen LogP contribution in [0.15, 0.2) is 36.5 Å². The molecular weight excluding hydrogens is 947 g/mol. The molecule has 1 fully saturated rings. The number of carbonyl (C=O) groups is 1. The second-order valence-electron chi connectivity index (χ2n) is 23.3. The van der Waals surface area contributed by atoms with Gasteiger partial charge in [0.2, 0.25) is 5.91 Å². The van der Waals surface area contributed by atoms with E-state index in [0.717, 1.165) is 38.5 Å². The van der Waals surface area contributed by atoms with Crippen LogP contribution >= 0.6 is 0 Å². The van der Waals surface area contributed by atoms with E-state index in [1.165, 1.54) is 270 Å². The number of rotatable bonds is 58. The molecule has 76 heavy (non-hydrogen) atoms. The molecule has 1 amide bonds. The highest BCUT2D eigenvalue weighted by Crippen LogP contribution is 2.23. The van der Waals surface area contributed by atoms with Crippen LogP contribution in [0.4, 0.5) is 0 Å². The predicted molar refractivity (Wildman–Crippen MR) is 323 cm³/mol. The molecule has 1 rings (SSSR count). The SMILES string of the molecule is CCCCCCCCCC/C=C\CCCCCCCCCCCCCC(=O)NC(COC1OC(CO)C(O)C(O)C1O)C(O)/C=C/CC/C=C/CCCCCCCCCCCCCCCCCCCCCCCCCC. The van der Waals surface area contributed by atoms with Gasteiger partial charge in [-0.3, -0.25) is 4.79 Å². The van der Waals surface area contributed by atoms with Crippen molar-refractivity contribution in [2.24, 2.45) is 0 Å². The summed E-state index contributed by atoms with van der Waals surface area (Å²) in [5.74, 6) is -0.183. The summed E-state index contributed by atoms with van der Waals surface area (Å²) in [5.41, 5.74) is 0. The van der Waals surface area contributed by atoms with E-state index in [4.69, 9.17) is 9.47 Å². The maximum atomic E-state index is 13.1. The molecule has 0 aromatic rings. The monoisotopic (exact) mass is 1070 g/mol. The summed E-state index contributed by atoms with van der Waals surface area (Å²) < 4.78 is 11.3. The number of hydrogen-bond donors (Lipinski definition) is 6. The molecule has 0 aromatic heterocycles. The van der Waals surface area contributed by atoms with Crippen LogP contribution in [0, 0.1) is 0 Å². The lowest BCUT2D eigenvalue weighted by Gasteiger charge is -2.40. The smallest absolute Gasteiger partial charge is 0.220 e. The first-order valence-electron chi connectivity index (χ1n) is 33.2. The van der Waals surface area contributed by atoms with E-state index in [1.807, 2.05) is 6.08 Å². The fraction of sp³-hybridized carbons (Fsp3) is 0.896. The van der Waals surface area contributed by atoms with Crippen LogP contribution in [-0.4, -0.2) is 87.5 Å². The molecule has 1 aliphatic rings. The highest BCUT2D eigenvalue weighted by molar-refractivity contribution is 5.76. The van der Waals surface area contributed by atoms with Crippen LogP contribution in [0.1, 0.15) is 328 Å². The van der Waals surface area contributed by atoms with E-state index in [9.17, 15) is 30.3 Å². The minimum absolute atomic E-state index is 0.183. The summed E-state index contributed by atoms with van der Waals surface area (Å²) in [6.07, 6.45) is 68.2. The molecule has 0 spiro atoms. The quantitative estimate of drug-likeness (QED) is 0.0261. The molecule has 0 aliphatic carbocycles. The summed E-state index contributed by atoms with van der Waals surface area (Å²) in [5, 5.41) is 54.7. The van der Waals surface area contributed by atoms with Gasteiger partial charge in [-0.1, -0.05) is 301 Å². The van der Waals surface area contributed by atoms with E-state index in [1.54, 1.807) is 6.08 Å². The molecule has 0 aromatic carbocycles. The molecule has 7 atom stereocenters. The second-order valence-corrected chi connectivity index (χ2v) is 23.3. The lowest BCUT2D eigenvalue weighted by atomic mass is 9.99. The number of nitrogens with one attached hydrogen (secondary N) is 1. The molecule has 1 saturated heterocycles. The summed E-state index contributed by atoms with van der Waals surface area (Å²) in [6, 6.07) is -0.823. The fourth-order valence-electron chi connectivity index (χ4n) is 10.7. The van der Waals surface area contributed by atoms with Gasteiger partial charge in [0.1, 0.15) is 24.4 Å². The molecule has 9 heteroatoms. The van der Waals surface area contributed by atoms with Crippen molar-refractivity contribution in [3.05, 3.63) is 36.5 Å². The van der Waals surface area contributed by atoms with Gasteiger partial charge < -0.3 is 40.3 Å². The van der Waals surface area contributed by atoms with Crippen LogP contribution in [0.3, 0.4) is 0 Å². The number of allylic oxidation sites excluding steroid dienone is 5. The number of ether oxygens (including phenoxy) is 2. The second kappa shape index (κ2) is 56.7. The number of hydrogen-bond acceptors (Lipinski definition) is 8. The largest absolute Gasteiger partial charge is 0.394 e. The standard InChI is InChI=1S/C67H127NO8/c1-3-5-7-9-11-13-15-17-19-21-23-25-27-28-29-30-31-32-33-35-36-38-40-42-44-46-48-50-52-54-56-61(70)60(59-75-67-66(74)65(73)64(72)62(58-69)76-67)68-63(71)57-55-53-51-49-47-45-43-41-39-37-34-26-24-22-20-18-16-14-12-10-8-6-4-2/h22,24,46,48,54,56,60-62,64-67,69-70,72-74H,3-21,23,25-45,47,49-53,55,57-59H2,1-2H3,(H,68,71)/b24-22-,48-46+,56-54+. The number of aliphatic hydroxyl groups is 5. The molecule has 1 heterocycles. The van der Waals surface area contributed by atoms with Crippen LogP contribution in [-0.2, 0) is 14.3 Å². The maximum absolute atomic E-state index is 13.1. The van der Waals surface area contributed by atoms with E-state index in [-0.39, 0.29) is 12.5 Å². The van der Waals surface area contributed by atoms with Gasteiger partial charge in [-0.2, -0.15) is 0 Å². The molecule has 0 saturated carbocycles. The van der Waals surface area contributed by atoms with Crippen LogP contribution < -0.4 is 5.32 Å². The van der Waals surface area contributed by atoms with Crippen LogP contribution in [0.2, 0.25) is 0 Å². The van der Waals surface area contributed by atoms with Gasteiger partial charge in [0.05, 0.1) is 25.4 Å². The Bertz CT molecular complexity index is 1290. The van der Waals surface area contributed by atoms with Gasteiger partial charge in [0, 0.05) is 6.42 Å². The van der Waals surface area contributed by atoms with Gasteiger partial charge in [0.25, 0.3) is 0 Å². The Kier molecular flexibility index (Phi) is 54.0. The average Bonchev–Trinajstić information content (AvgIpc) is 3.42. The summed E-state index contributed by atoms with van der Waals surface area (Å²) in [7, 11) is 0. The molecule has 7 unspecified atom stereocenters. The lowest BCUT2D eigenvalue weighted by molar-refractivity contribution is -0.302. The van der Waals surface area contributed by atoms with E-state index < -0.39 is 49.5 Å². The van der Waals surface area contributed by atoms with Crippen molar-refractivity contribution in [2.45, 2.75) is 371 Å². The van der Waals surface area contributed by atoms with E-state index in [2.05, 4.69) is 43.5 Å². The molecule has 0 bridgehead atoms. The highest BCUT2D eigenvalue weighted by Gasteiger charge is 2.44. The molecule has 0 radical (unpaired) electrons. The Morgan fingerprint density at radius 2 is 0.750 bits per heavy atom. The minimum Gasteiger partial charge on any atom is -0.394 e. The molecular formula is C67H127NO8. The van der Waals surface area contributed by atoms with E-state index >= 15 is 0 Å². The van der Waals surface area contributed by atoms with E-state index in [0.29, 0.717) is 6.42 Å². The molecule has 448 valence electrons. The predicted octanol–water partition coefficient (Wildman–Crippen LogP) is 17.5. The summed E-state index contributed by atoms with van der Waals surface area (Å²) >= 11 is 0. The maximum Gasteiger partial charge on any atom is 0.220 e. The third-order valence-electron chi connectivity index (χ3n) is 15.9. The Morgan fingerprint density at radius 1 is 0.434 bits per heavy atom. The van der Waals surface area contributed by atoms with Crippen LogP contribution in [0.25, 0.3) is 0 Å². The fourth-order valence-corrected chi connectivity index (χ4v) is 10.7. The Morgan fingerprint density at radius 3 is 1.11 bits per heavy atom. The number of carbonyl (C=O) groups excluding carboxylic acids is 1. The highest BCUT2D eigenvalue weighted by atomic mass is 16.7. The first kappa shape index (κ1) is 72.4. The average molecular weight is 1070 g/mol. The number of aliphatic hydroxyl groups excluding tert-OH is 5. The van der Waals surface area contributed by atoms with Gasteiger partial charge in [-0.25, -0.2) is 0 Å². The first-order chi connectivity index (χ1) is 37.3. The summed E-state index contributed by atoms with van der Waals surface area (Å²) in [4.78, 5) is 13.1. The third kappa shape index (κ3) is 45.2. The topological polar surface area (TPSA) is 149 Å². The van der Waals surface area contributed by atoms with Gasteiger partial charge in [-0.15, -0.1) is 0 Å². The van der Waals surface area contributed by atoms with Crippen LogP contribution in [0.5, 0.6) is 0 Å². The molecule has 6 N–H and O–H groups in total. The zero-order valence-electron chi connectivity index (χ0n) is 50.0. The normalized spacial score (nSPS) is 19.0. The van der Waals surface area contributed by atoms with Crippen molar-refractivity contribution in [3.63, 3.8) is 0 Å². The van der Waals surface area contributed by atoms with Crippen molar-refractivity contribution >= 4 is 5.91 Å². The Hall–Kier alpha value is -1.59. The van der Waals surface area contributed by atoms with Crippen molar-refractivity contribution in [2.75, 3.05) is 13.2 Å². The zero-order valence-corrected chi connectivity index (χ0v) is 50.0. The van der Waals surface area contributed by atoms with Crippen molar-refractivity contribution in [1.29, 1.82) is 0 Å². The summed E-state index contributed by atoms with van der Waals surface area (Å²) in [6.45, 7) is 3.81. The number of unbranched alkanes of at least 4 members (excludes halogenated alkanes) is 44. The van der Waals surface area contributed by atoms with Gasteiger partial charge >= 0.3 is 0 Å². The Labute approximate surface area is 470 Å². The van der Waals surface area contributed by atoms with Crippen molar-refractivity contribution in [1.82, 2.24) is 5.32 Å². The third-order valence-corrected chi connectivity index (χ3v) is 15.9. The first-order valence-corrected chi connectivity index (χ1v) is 33.2. The lowest BCUT2D eigenvalue weighted by Crippen LogP contribution is -2.60. The Balaban J connectivity index is 2.17.